The molecule has 0 aliphatic heterocycles. The number of carbonyl (C=O) groups is 2. The minimum Gasteiger partial charge on any atom is -0.465 e. The number of methoxy groups -OCH3 is 2. The number of benzene rings is 1. The lowest BCUT2D eigenvalue weighted by Gasteiger charge is -2.06. The first-order valence-corrected chi connectivity index (χ1v) is 5.29. The maximum absolute atomic E-state index is 11.3. The summed E-state index contributed by atoms with van der Waals surface area (Å²) in [6.07, 6.45) is 0. The van der Waals surface area contributed by atoms with E-state index >= 15 is 0 Å². The normalized spacial score (nSPS) is 10.4. The van der Waals surface area contributed by atoms with E-state index in [-0.39, 0.29) is 11.1 Å². The van der Waals surface area contributed by atoms with Crippen LogP contribution in [0.1, 0.15) is 20.7 Å². The van der Waals surface area contributed by atoms with Gasteiger partial charge in [-0.3, -0.25) is 0 Å². The molecule has 0 radical (unpaired) electrons. The molecule has 1 aromatic carbocycles. The lowest BCUT2D eigenvalue weighted by molar-refractivity contribution is 0.0588. The Kier molecular flexibility index (Phi) is 4.40. The minimum absolute atomic E-state index is 0.246. The molecule has 0 saturated carbocycles. The number of carbonyl (C=O) groups excluding carboxylic acids is 2. The fraction of sp³-hybridized carbons (Fsp3) is 0.200. The van der Waals surface area contributed by atoms with Crippen LogP contribution < -0.4 is 5.30 Å². The number of hydrogen-bond donors (Lipinski definition) is 1. The van der Waals surface area contributed by atoms with E-state index in [1.165, 1.54) is 32.4 Å². The van der Waals surface area contributed by atoms with E-state index < -0.39 is 20.7 Å². The lowest BCUT2D eigenvalue weighted by Crippen LogP contribution is -2.15. The maximum Gasteiger partial charge on any atom is 0.338 e. The molecule has 0 heterocycles. The zero-order chi connectivity index (χ0) is 12.1. The summed E-state index contributed by atoms with van der Waals surface area (Å²) in [5.74, 6) is -1.07. The highest BCUT2D eigenvalue weighted by Gasteiger charge is 2.14. The van der Waals surface area contributed by atoms with E-state index in [1.807, 2.05) is 0 Å². The Morgan fingerprint density at radius 3 is 2.31 bits per heavy atom. The van der Waals surface area contributed by atoms with Gasteiger partial charge in [0.15, 0.2) is 0 Å². The summed E-state index contributed by atoms with van der Waals surface area (Å²) in [6, 6.07) is 4.29. The third-order valence-corrected chi connectivity index (χ3v) is 2.62. The quantitative estimate of drug-likeness (QED) is 0.616. The van der Waals surface area contributed by atoms with E-state index in [0.29, 0.717) is 5.30 Å². The second-order valence-corrected chi connectivity index (χ2v) is 3.62. The zero-order valence-electron chi connectivity index (χ0n) is 8.81. The van der Waals surface area contributed by atoms with Gasteiger partial charge < -0.3 is 14.4 Å². The largest absolute Gasteiger partial charge is 0.465 e. The monoisotopic (exact) mass is 242 g/mol. The molecule has 1 rings (SSSR count). The molecule has 86 valence electrons. The highest BCUT2D eigenvalue weighted by atomic mass is 31.1. The molecule has 16 heavy (non-hydrogen) atoms. The predicted molar refractivity (Wildman–Crippen MR) is 59.3 cm³/mol. The van der Waals surface area contributed by atoms with E-state index in [0.717, 1.165) is 0 Å². The van der Waals surface area contributed by atoms with E-state index in [9.17, 15) is 9.59 Å². The molecule has 0 aliphatic rings. The van der Waals surface area contributed by atoms with E-state index in [1.54, 1.807) is 0 Å². The average Bonchev–Trinajstić information content (AvgIpc) is 2.35. The Morgan fingerprint density at radius 2 is 1.81 bits per heavy atom. The average molecular weight is 242 g/mol. The molecule has 0 saturated heterocycles. The molecular formula is C10H11O5P. The van der Waals surface area contributed by atoms with Gasteiger partial charge >= 0.3 is 11.9 Å². The van der Waals surface area contributed by atoms with Crippen LogP contribution in [0.5, 0.6) is 0 Å². The molecule has 0 bridgehead atoms. The van der Waals surface area contributed by atoms with Gasteiger partial charge in [0.1, 0.15) is 0 Å². The van der Waals surface area contributed by atoms with Crippen molar-refractivity contribution in [3.63, 3.8) is 0 Å². The summed E-state index contributed by atoms with van der Waals surface area (Å²) in [7, 11) is 1.92. The van der Waals surface area contributed by atoms with Crippen LogP contribution in [0.15, 0.2) is 18.2 Å². The van der Waals surface area contributed by atoms with Gasteiger partial charge in [-0.1, -0.05) is 0 Å². The highest BCUT2D eigenvalue weighted by Crippen LogP contribution is 2.13. The standard InChI is InChI=1S/C10H11O5P/c1-14-9(11)6-3-4-7(10(12)15-2)8(5-6)16-13/h3-5,13,16H,1-2H3. The van der Waals surface area contributed by atoms with Gasteiger partial charge in [-0.25, -0.2) is 9.59 Å². The smallest absolute Gasteiger partial charge is 0.338 e. The third-order valence-electron chi connectivity index (χ3n) is 1.97. The van der Waals surface area contributed by atoms with E-state index in [2.05, 4.69) is 9.47 Å². The minimum atomic E-state index is -0.593. The van der Waals surface area contributed by atoms with Gasteiger partial charge in [-0.05, 0) is 18.2 Å². The van der Waals surface area contributed by atoms with Crippen LogP contribution in [0.3, 0.4) is 0 Å². The molecule has 1 aromatic rings. The first-order chi connectivity index (χ1) is 7.63. The summed E-state index contributed by atoms with van der Waals surface area (Å²) >= 11 is 0. The fourth-order valence-corrected chi connectivity index (χ4v) is 1.70. The molecule has 1 unspecified atom stereocenters. The summed E-state index contributed by atoms with van der Waals surface area (Å²) in [5.41, 5.74) is 0.530. The summed E-state index contributed by atoms with van der Waals surface area (Å²) < 4.78 is 9.07. The first-order valence-electron chi connectivity index (χ1n) is 4.34. The molecule has 0 spiro atoms. The summed E-state index contributed by atoms with van der Waals surface area (Å²) in [6.45, 7) is 0. The number of rotatable bonds is 3. The van der Waals surface area contributed by atoms with Crippen molar-refractivity contribution in [2.75, 3.05) is 14.2 Å². The molecule has 1 atom stereocenters. The van der Waals surface area contributed by atoms with Crippen LogP contribution in [0.2, 0.25) is 0 Å². The van der Waals surface area contributed by atoms with Gasteiger partial charge in [0, 0.05) is 14.1 Å². The van der Waals surface area contributed by atoms with Gasteiger partial charge in [-0.15, -0.1) is 0 Å². The van der Waals surface area contributed by atoms with Crippen molar-refractivity contribution in [3.8, 4) is 0 Å². The number of ether oxygens (including phenoxy) is 2. The maximum atomic E-state index is 11.3. The van der Waals surface area contributed by atoms with Crippen molar-refractivity contribution < 1.29 is 24.0 Å². The molecule has 0 amide bonds. The van der Waals surface area contributed by atoms with Crippen LogP contribution in [0.4, 0.5) is 0 Å². The van der Waals surface area contributed by atoms with Crippen molar-refractivity contribution >= 4 is 26.1 Å². The van der Waals surface area contributed by atoms with Crippen molar-refractivity contribution in [2.24, 2.45) is 0 Å². The van der Waals surface area contributed by atoms with Crippen LogP contribution >= 0.6 is 8.81 Å². The SMILES string of the molecule is COC(=O)c1ccc(C(=O)OC)c(PO)c1. The van der Waals surface area contributed by atoms with Crippen LogP contribution in [-0.2, 0) is 9.47 Å². The first kappa shape index (κ1) is 12.6. The number of esters is 2. The summed E-state index contributed by atoms with van der Waals surface area (Å²) in [4.78, 5) is 31.6. The second-order valence-electron chi connectivity index (χ2n) is 2.86. The topological polar surface area (TPSA) is 72.8 Å². The third kappa shape index (κ3) is 2.56. The highest BCUT2D eigenvalue weighted by molar-refractivity contribution is 7.41. The molecule has 6 heteroatoms. The predicted octanol–water partition coefficient (Wildman–Crippen LogP) is 0.471. The van der Waals surface area contributed by atoms with Gasteiger partial charge in [0.05, 0.1) is 25.3 Å². The van der Waals surface area contributed by atoms with Crippen molar-refractivity contribution in [1.29, 1.82) is 0 Å². The fourth-order valence-electron chi connectivity index (χ4n) is 1.17. The molecule has 0 aromatic heterocycles. The van der Waals surface area contributed by atoms with Crippen LogP contribution in [0.25, 0.3) is 0 Å². The van der Waals surface area contributed by atoms with Gasteiger partial charge in [0.2, 0.25) is 0 Å². The Hall–Kier alpha value is -1.45. The second kappa shape index (κ2) is 5.58. The number of hydrogen-bond acceptors (Lipinski definition) is 5. The van der Waals surface area contributed by atoms with Gasteiger partial charge in [-0.2, -0.15) is 0 Å². The van der Waals surface area contributed by atoms with Gasteiger partial charge in [0.25, 0.3) is 0 Å². The Morgan fingerprint density at radius 1 is 1.19 bits per heavy atom. The van der Waals surface area contributed by atoms with Crippen LogP contribution in [-0.4, -0.2) is 31.1 Å². The summed E-state index contributed by atoms with van der Waals surface area (Å²) in [5, 5.41) is 0.356. The molecular weight excluding hydrogens is 231 g/mol. The lowest BCUT2D eigenvalue weighted by atomic mass is 10.1. The molecule has 0 aliphatic carbocycles. The van der Waals surface area contributed by atoms with Crippen molar-refractivity contribution in [1.82, 2.24) is 0 Å². The van der Waals surface area contributed by atoms with Crippen molar-refractivity contribution in [2.45, 2.75) is 0 Å². The molecule has 0 fully saturated rings. The zero-order valence-corrected chi connectivity index (χ0v) is 9.81. The Bertz CT molecular complexity index is 416. The Labute approximate surface area is 94.2 Å². The molecule has 1 N–H and O–H groups in total. The van der Waals surface area contributed by atoms with E-state index in [4.69, 9.17) is 4.89 Å². The van der Waals surface area contributed by atoms with Crippen molar-refractivity contribution in [3.05, 3.63) is 29.3 Å². The Balaban J connectivity index is 3.16. The molecule has 5 nitrogen and oxygen atoms in total. The van der Waals surface area contributed by atoms with Crippen LogP contribution in [0, 0.1) is 0 Å².